The van der Waals surface area contributed by atoms with Gasteiger partial charge in [-0.1, -0.05) is 53.5 Å². The van der Waals surface area contributed by atoms with Crippen LogP contribution in [-0.4, -0.2) is 26.3 Å². The van der Waals surface area contributed by atoms with E-state index in [1.165, 1.54) is 0 Å². The minimum Gasteiger partial charge on any atom is -0.389 e. The second kappa shape index (κ2) is 6.44. The molecule has 1 aromatic heterocycles. The summed E-state index contributed by atoms with van der Waals surface area (Å²) >= 11 is 12.1. The molecule has 0 aliphatic heterocycles. The second-order valence-corrected chi connectivity index (χ2v) is 5.96. The average Bonchev–Trinajstić information content (AvgIpc) is 2.99. The number of aliphatic hydroxyl groups is 1. The largest absolute Gasteiger partial charge is 0.389 e. The van der Waals surface area contributed by atoms with Crippen LogP contribution < -0.4 is 0 Å². The summed E-state index contributed by atoms with van der Waals surface area (Å²) in [5, 5.41) is 10.1. The van der Waals surface area contributed by atoms with Crippen LogP contribution in [0.25, 0.3) is 0 Å². The van der Waals surface area contributed by atoms with Gasteiger partial charge in [-0.2, -0.15) is 0 Å². The SMILES string of the molecule is O=C(c1ccc[nH]1)C(Cl)(Cl)C(O)CCc1ccccc1. The van der Waals surface area contributed by atoms with Crippen molar-refractivity contribution in [3.8, 4) is 0 Å². The Bertz CT molecular complexity index is 553. The van der Waals surface area contributed by atoms with Crippen molar-refractivity contribution < 1.29 is 9.90 Å². The molecule has 1 atom stereocenters. The number of carbonyl (C=O) groups is 1. The number of alkyl halides is 2. The zero-order chi connectivity index (χ0) is 14.6. The third-order valence-corrected chi connectivity index (χ3v) is 3.96. The standard InChI is InChI=1S/C15H15Cl2NO2/c16-15(17,14(20)12-7-4-10-18-12)13(19)9-8-11-5-2-1-3-6-11/h1-7,10,13,18-19H,8-9H2. The average molecular weight is 312 g/mol. The highest BCUT2D eigenvalue weighted by Crippen LogP contribution is 2.31. The molecule has 5 heteroatoms. The van der Waals surface area contributed by atoms with Crippen LogP contribution in [0, 0.1) is 0 Å². The van der Waals surface area contributed by atoms with Crippen LogP contribution in [-0.2, 0) is 6.42 Å². The number of aromatic amines is 1. The van der Waals surface area contributed by atoms with Gasteiger partial charge in [0.1, 0.15) is 0 Å². The van der Waals surface area contributed by atoms with E-state index in [4.69, 9.17) is 23.2 Å². The molecule has 0 spiro atoms. The number of rotatable bonds is 6. The Morgan fingerprint density at radius 2 is 1.90 bits per heavy atom. The van der Waals surface area contributed by atoms with E-state index >= 15 is 0 Å². The van der Waals surface area contributed by atoms with Crippen LogP contribution in [0.1, 0.15) is 22.5 Å². The summed E-state index contributed by atoms with van der Waals surface area (Å²) in [6, 6.07) is 12.9. The molecule has 2 rings (SSSR count). The van der Waals surface area contributed by atoms with E-state index in [1.54, 1.807) is 18.3 Å². The quantitative estimate of drug-likeness (QED) is 0.635. The Labute approximate surface area is 127 Å². The lowest BCUT2D eigenvalue weighted by Crippen LogP contribution is -2.39. The van der Waals surface area contributed by atoms with Crippen LogP contribution in [0.3, 0.4) is 0 Å². The van der Waals surface area contributed by atoms with Crippen LogP contribution in [0.15, 0.2) is 48.7 Å². The maximum absolute atomic E-state index is 12.1. The molecule has 0 fully saturated rings. The molecule has 1 unspecified atom stereocenters. The van der Waals surface area contributed by atoms with Gasteiger partial charge in [0.05, 0.1) is 11.8 Å². The maximum atomic E-state index is 12.1. The Balaban J connectivity index is 2.00. The van der Waals surface area contributed by atoms with Crippen molar-refractivity contribution in [3.05, 3.63) is 59.9 Å². The van der Waals surface area contributed by atoms with Crippen molar-refractivity contribution >= 4 is 29.0 Å². The molecule has 0 saturated heterocycles. The highest BCUT2D eigenvalue weighted by atomic mass is 35.5. The molecule has 0 aliphatic rings. The normalized spacial score (nSPS) is 13.2. The van der Waals surface area contributed by atoms with Gasteiger partial charge in [-0.05, 0) is 30.5 Å². The number of nitrogens with one attached hydrogen (secondary N) is 1. The van der Waals surface area contributed by atoms with Crippen LogP contribution in [0.4, 0.5) is 0 Å². The summed E-state index contributed by atoms with van der Waals surface area (Å²) in [5.41, 5.74) is 1.34. The topological polar surface area (TPSA) is 53.1 Å². The van der Waals surface area contributed by atoms with Gasteiger partial charge in [-0.3, -0.25) is 4.79 Å². The first kappa shape index (κ1) is 15.1. The Morgan fingerprint density at radius 1 is 1.20 bits per heavy atom. The number of hydrogen-bond acceptors (Lipinski definition) is 2. The van der Waals surface area contributed by atoms with Crippen molar-refractivity contribution in [2.75, 3.05) is 0 Å². The minimum absolute atomic E-state index is 0.286. The van der Waals surface area contributed by atoms with Crippen molar-refractivity contribution in [2.45, 2.75) is 23.3 Å². The molecule has 106 valence electrons. The van der Waals surface area contributed by atoms with E-state index in [0.29, 0.717) is 12.8 Å². The van der Waals surface area contributed by atoms with Gasteiger partial charge in [0.25, 0.3) is 0 Å². The summed E-state index contributed by atoms with van der Waals surface area (Å²) < 4.78 is -1.85. The molecule has 0 amide bonds. The summed E-state index contributed by atoms with van der Waals surface area (Å²) in [6.45, 7) is 0. The smallest absolute Gasteiger partial charge is 0.217 e. The first-order chi connectivity index (χ1) is 9.51. The third-order valence-electron chi connectivity index (χ3n) is 3.11. The van der Waals surface area contributed by atoms with Crippen molar-refractivity contribution in [1.82, 2.24) is 4.98 Å². The van der Waals surface area contributed by atoms with Gasteiger partial charge >= 0.3 is 0 Å². The summed E-state index contributed by atoms with van der Waals surface area (Å²) in [4.78, 5) is 14.9. The molecule has 2 aromatic rings. The Morgan fingerprint density at radius 3 is 2.50 bits per heavy atom. The second-order valence-electron chi connectivity index (χ2n) is 4.58. The number of aromatic nitrogens is 1. The molecular formula is C15H15Cl2NO2. The number of Topliss-reactive ketones (excluding diaryl/α,β-unsaturated/α-hetero) is 1. The maximum Gasteiger partial charge on any atom is 0.217 e. The van der Waals surface area contributed by atoms with E-state index in [2.05, 4.69) is 4.98 Å². The van der Waals surface area contributed by atoms with E-state index in [0.717, 1.165) is 5.56 Å². The number of aliphatic hydroxyl groups excluding tert-OH is 1. The van der Waals surface area contributed by atoms with Crippen LogP contribution >= 0.6 is 23.2 Å². The monoisotopic (exact) mass is 311 g/mol. The first-order valence-corrected chi connectivity index (χ1v) is 7.05. The van der Waals surface area contributed by atoms with Crippen molar-refractivity contribution in [2.24, 2.45) is 0 Å². The number of ketones is 1. The molecule has 0 saturated carbocycles. The van der Waals surface area contributed by atoms with Crippen LogP contribution in [0.2, 0.25) is 0 Å². The number of carbonyl (C=O) groups excluding carboxylic acids is 1. The van der Waals surface area contributed by atoms with E-state index in [-0.39, 0.29) is 5.69 Å². The van der Waals surface area contributed by atoms with Gasteiger partial charge in [-0.15, -0.1) is 0 Å². The molecule has 1 heterocycles. The molecule has 3 nitrogen and oxygen atoms in total. The number of benzene rings is 1. The van der Waals surface area contributed by atoms with Gasteiger partial charge in [0.2, 0.25) is 10.1 Å². The van der Waals surface area contributed by atoms with Gasteiger partial charge in [-0.25, -0.2) is 0 Å². The van der Waals surface area contributed by atoms with Gasteiger partial charge in [0, 0.05) is 6.20 Å². The Hall–Kier alpha value is -1.29. The fourth-order valence-electron chi connectivity index (χ4n) is 1.93. The summed E-state index contributed by atoms with van der Waals surface area (Å²) in [6.07, 6.45) is 1.37. The van der Waals surface area contributed by atoms with Gasteiger partial charge in [0.15, 0.2) is 0 Å². The zero-order valence-corrected chi connectivity index (χ0v) is 12.2. The lowest BCUT2D eigenvalue weighted by atomic mass is 10.0. The fraction of sp³-hybridized carbons (Fsp3) is 0.267. The molecule has 1 aromatic carbocycles. The lowest BCUT2D eigenvalue weighted by molar-refractivity contribution is 0.0833. The summed E-state index contributed by atoms with van der Waals surface area (Å²) in [7, 11) is 0. The number of hydrogen-bond donors (Lipinski definition) is 2. The molecule has 0 radical (unpaired) electrons. The van der Waals surface area contributed by atoms with Crippen molar-refractivity contribution in [1.29, 1.82) is 0 Å². The molecule has 20 heavy (non-hydrogen) atoms. The number of H-pyrrole nitrogens is 1. The highest BCUT2D eigenvalue weighted by molar-refractivity contribution is 6.60. The van der Waals surface area contributed by atoms with E-state index < -0.39 is 16.2 Å². The van der Waals surface area contributed by atoms with E-state index in [9.17, 15) is 9.90 Å². The number of aryl methyl sites for hydroxylation is 1. The lowest BCUT2D eigenvalue weighted by Gasteiger charge is -2.23. The predicted molar refractivity (Wildman–Crippen MR) is 80.3 cm³/mol. The van der Waals surface area contributed by atoms with Crippen molar-refractivity contribution in [3.63, 3.8) is 0 Å². The zero-order valence-electron chi connectivity index (χ0n) is 10.7. The molecular weight excluding hydrogens is 297 g/mol. The van der Waals surface area contributed by atoms with Crippen LogP contribution in [0.5, 0.6) is 0 Å². The third kappa shape index (κ3) is 3.42. The van der Waals surface area contributed by atoms with E-state index in [1.807, 2.05) is 30.3 Å². The first-order valence-electron chi connectivity index (χ1n) is 6.30. The number of halogens is 2. The minimum atomic E-state index is -1.85. The molecule has 0 aliphatic carbocycles. The predicted octanol–water partition coefficient (Wildman–Crippen LogP) is 3.37. The Kier molecular flexibility index (Phi) is 4.86. The highest BCUT2D eigenvalue weighted by Gasteiger charge is 2.42. The molecule has 0 bridgehead atoms. The molecule has 2 N–H and O–H groups in total. The summed E-state index contributed by atoms with van der Waals surface area (Å²) in [5.74, 6) is -0.522. The van der Waals surface area contributed by atoms with Gasteiger partial charge < -0.3 is 10.1 Å². The fourth-order valence-corrected chi connectivity index (χ4v) is 2.35.